The fourth-order valence-electron chi connectivity index (χ4n) is 4.59. The maximum Gasteiger partial charge on any atom is 0.304 e. The number of fused-ring (bicyclic) bond motifs is 3. The quantitative estimate of drug-likeness (QED) is 0.401. The summed E-state index contributed by atoms with van der Waals surface area (Å²) in [6.45, 7) is 3.91. The standard InChI is InChI=1S/C25H25N3O5/c1-13(2)32-20-6-4-5-17(23(20)31-3)25-27-24(28-33-25)15-8-10-19-18(11-15)16-9-7-14(12-21(29)30)22(16)26-19/h4-6,8,10-11,13-14,26H,7,9,12H2,1-3H3,(H,29,30). The molecule has 0 bridgehead atoms. The second-order valence-corrected chi connectivity index (χ2v) is 8.54. The van der Waals surface area contributed by atoms with Crippen LogP contribution in [0.5, 0.6) is 11.5 Å². The Balaban J connectivity index is 1.50. The van der Waals surface area contributed by atoms with E-state index in [2.05, 4.69) is 15.1 Å². The first-order valence-corrected chi connectivity index (χ1v) is 11.0. The van der Waals surface area contributed by atoms with Gasteiger partial charge in [0, 0.05) is 28.1 Å². The number of aromatic nitrogens is 3. The Morgan fingerprint density at radius 2 is 2.15 bits per heavy atom. The van der Waals surface area contributed by atoms with E-state index in [1.54, 1.807) is 7.11 Å². The highest BCUT2D eigenvalue weighted by Crippen LogP contribution is 2.41. The number of methoxy groups -OCH3 is 1. The van der Waals surface area contributed by atoms with Gasteiger partial charge in [-0.2, -0.15) is 4.98 Å². The second-order valence-electron chi connectivity index (χ2n) is 8.54. The predicted octanol–water partition coefficient (Wildman–Crippen LogP) is 5.19. The molecule has 1 unspecified atom stereocenters. The molecular weight excluding hydrogens is 422 g/mol. The van der Waals surface area contributed by atoms with Gasteiger partial charge in [-0.3, -0.25) is 4.79 Å². The number of nitrogens with zero attached hydrogens (tertiary/aromatic N) is 2. The molecule has 0 aliphatic heterocycles. The number of aliphatic carboxylic acids is 1. The molecule has 2 heterocycles. The number of aryl methyl sites for hydroxylation is 1. The van der Waals surface area contributed by atoms with Crippen LogP contribution in [0.15, 0.2) is 40.9 Å². The molecule has 0 spiro atoms. The van der Waals surface area contributed by atoms with E-state index >= 15 is 0 Å². The molecule has 5 rings (SSSR count). The maximum absolute atomic E-state index is 11.2. The lowest BCUT2D eigenvalue weighted by atomic mass is 10.0. The summed E-state index contributed by atoms with van der Waals surface area (Å²) in [5, 5.41) is 14.5. The Hall–Kier alpha value is -3.81. The number of hydrogen-bond donors (Lipinski definition) is 2. The van der Waals surface area contributed by atoms with Crippen molar-refractivity contribution < 1.29 is 23.9 Å². The van der Waals surface area contributed by atoms with Crippen molar-refractivity contribution in [2.24, 2.45) is 0 Å². The largest absolute Gasteiger partial charge is 0.492 e. The smallest absolute Gasteiger partial charge is 0.304 e. The maximum atomic E-state index is 11.2. The molecule has 1 aliphatic rings. The second kappa shape index (κ2) is 8.27. The van der Waals surface area contributed by atoms with E-state index in [-0.39, 0.29) is 18.4 Å². The molecule has 1 atom stereocenters. The highest BCUT2D eigenvalue weighted by atomic mass is 16.5. The van der Waals surface area contributed by atoms with Crippen LogP contribution in [0.4, 0.5) is 0 Å². The lowest BCUT2D eigenvalue weighted by Crippen LogP contribution is -2.07. The van der Waals surface area contributed by atoms with Crippen LogP contribution < -0.4 is 9.47 Å². The first kappa shape index (κ1) is 21.1. The van der Waals surface area contributed by atoms with E-state index in [0.717, 1.165) is 35.0 Å². The molecule has 0 radical (unpaired) electrons. The number of nitrogens with one attached hydrogen (secondary N) is 1. The summed E-state index contributed by atoms with van der Waals surface area (Å²) in [5.41, 5.74) is 4.69. The number of carbonyl (C=O) groups is 1. The molecule has 0 amide bonds. The Labute approximate surface area is 190 Å². The fraction of sp³-hybridized carbons (Fsp3) is 0.320. The van der Waals surface area contributed by atoms with Gasteiger partial charge in [-0.05, 0) is 62.6 Å². The van der Waals surface area contributed by atoms with Crippen molar-refractivity contribution in [3.63, 3.8) is 0 Å². The summed E-state index contributed by atoms with van der Waals surface area (Å²) in [4.78, 5) is 19.2. The van der Waals surface area contributed by atoms with Crippen molar-refractivity contribution in [3.8, 4) is 34.3 Å². The number of carboxylic acid groups (broad SMARTS) is 1. The number of para-hydroxylation sites is 1. The Morgan fingerprint density at radius 1 is 1.30 bits per heavy atom. The van der Waals surface area contributed by atoms with Gasteiger partial charge in [0.15, 0.2) is 11.5 Å². The van der Waals surface area contributed by atoms with Crippen molar-refractivity contribution in [1.82, 2.24) is 15.1 Å². The van der Waals surface area contributed by atoms with Gasteiger partial charge in [0.2, 0.25) is 5.82 Å². The van der Waals surface area contributed by atoms with Crippen LogP contribution in [0.3, 0.4) is 0 Å². The van der Waals surface area contributed by atoms with E-state index in [1.165, 1.54) is 5.56 Å². The SMILES string of the molecule is COc1c(OC(C)C)cccc1-c1nc(-c2ccc3[nH]c4c(c3c2)CCC4CC(=O)O)no1. The molecule has 8 nitrogen and oxygen atoms in total. The summed E-state index contributed by atoms with van der Waals surface area (Å²) in [7, 11) is 1.58. The minimum absolute atomic E-state index is 0.00250. The number of benzene rings is 2. The number of carboxylic acids is 1. The molecule has 0 saturated heterocycles. The van der Waals surface area contributed by atoms with Crippen LogP contribution in [0.25, 0.3) is 33.7 Å². The molecule has 2 N–H and O–H groups in total. The monoisotopic (exact) mass is 447 g/mol. The minimum atomic E-state index is -0.773. The van der Waals surface area contributed by atoms with E-state index in [1.807, 2.05) is 50.2 Å². The zero-order valence-corrected chi connectivity index (χ0v) is 18.7. The van der Waals surface area contributed by atoms with Gasteiger partial charge in [0.1, 0.15) is 0 Å². The van der Waals surface area contributed by atoms with Gasteiger partial charge < -0.3 is 24.1 Å². The first-order valence-electron chi connectivity index (χ1n) is 11.0. The average molecular weight is 447 g/mol. The third-order valence-corrected chi connectivity index (χ3v) is 5.97. The zero-order chi connectivity index (χ0) is 23.1. The molecule has 2 aromatic carbocycles. The van der Waals surface area contributed by atoms with E-state index in [9.17, 15) is 9.90 Å². The molecule has 8 heteroatoms. The number of ether oxygens (including phenoxy) is 2. The summed E-state index contributed by atoms with van der Waals surface area (Å²) in [6, 6.07) is 11.5. The normalized spacial score (nSPS) is 15.2. The topological polar surface area (TPSA) is 110 Å². The minimum Gasteiger partial charge on any atom is -0.492 e. The van der Waals surface area contributed by atoms with Crippen molar-refractivity contribution in [2.75, 3.05) is 7.11 Å². The third kappa shape index (κ3) is 3.82. The van der Waals surface area contributed by atoms with Gasteiger partial charge in [0.25, 0.3) is 5.89 Å². The third-order valence-electron chi connectivity index (χ3n) is 5.97. The Kier molecular flexibility index (Phi) is 5.28. The van der Waals surface area contributed by atoms with E-state index in [4.69, 9.17) is 14.0 Å². The van der Waals surface area contributed by atoms with Gasteiger partial charge in [0.05, 0.1) is 25.2 Å². The number of rotatable bonds is 7. The summed E-state index contributed by atoms with van der Waals surface area (Å²) < 4.78 is 17.0. The predicted molar refractivity (Wildman–Crippen MR) is 123 cm³/mol. The van der Waals surface area contributed by atoms with Gasteiger partial charge in [-0.15, -0.1) is 0 Å². The highest BCUT2D eigenvalue weighted by molar-refractivity contribution is 5.89. The molecule has 2 aromatic heterocycles. The van der Waals surface area contributed by atoms with Crippen LogP contribution in [0, 0.1) is 0 Å². The van der Waals surface area contributed by atoms with Crippen molar-refractivity contribution in [3.05, 3.63) is 47.7 Å². The van der Waals surface area contributed by atoms with Crippen molar-refractivity contribution in [1.29, 1.82) is 0 Å². The number of H-pyrrole nitrogens is 1. The molecule has 0 saturated carbocycles. The molecule has 1 aliphatic carbocycles. The summed E-state index contributed by atoms with van der Waals surface area (Å²) in [6.07, 6.45) is 1.84. The van der Waals surface area contributed by atoms with Crippen LogP contribution >= 0.6 is 0 Å². The van der Waals surface area contributed by atoms with Crippen molar-refractivity contribution >= 4 is 16.9 Å². The number of hydrogen-bond acceptors (Lipinski definition) is 6. The molecule has 170 valence electrons. The molecule has 33 heavy (non-hydrogen) atoms. The van der Waals surface area contributed by atoms with Gasteiger partial charge >= 0.3 is 5.97 Å². The van der Waals surface area contributed by atoms with Gasteiger partial charge in [-0.25, -0.2) is 0 Å². The lowest BCUT2D eigenvalue weighted by Gasteiger charge is -2.14. The first-order chi connectivity index (χ1) is 15.9. The Morgan fingerprint density at radius 3 is 2.91 bits per heavy atom. The lowest BCUT2D eigenvalue weighted by molar-refractivity contribution is -0.137. The van der Waals surface area contributed by atoms with Crippen LogP contribution in [0.1, 0.15) is 43.9 Å². The van der Waals surface area contributed by atoms with Crippen LogP contribution in [-0.2, 0) is 11.2 Å². The zero-order valence-electron chi connectivity index (χ0n) is 18.7. The fourth-order valence-corrected chi connectivity index (χ4v) is 4.59. The van der Waals surface area contributed by atoms with Crippen molar-refractivity contribution in [2.45, 2.75) is 45.1 Å². The molecule has 4 aromatic rings. The van der Waals surface area contributed by atoms with Gasteiger partial charge in [-0.1, -0.05) is 11.2 Å². The number of aromatic amines is 1. The van der Waals surface area contributed by atoms with E-state index < -0.39 is 5.97 Å². The summed E-state index contributed by atoms with van der Waals surface area (Å²) in [5.74, 6) is 1.23. The Bertz CT molecular complexity index is 1340. The summed E-state index contributed by atoms with van der Waals surface area (Å²) >= 11 is 0. The average Bonchev–Trinajstić information content (AvgIpc) is 3.49. The van der Waals surface area contributed by atoms with Crippen LogP contribution in [-0.4, -0.2) is 39.4 Å². The molecular formula is C25H25N3O5. The van der Waals surface area contributed by atoms with E-state index in [0.29, 0.717) is 28.8 Å². The molecule has 0 fully saturated rings. The highest BCUT2D eigenvalue weighted by Gasteiger charge is 2.28. The van der Waals surface area contributed by atoms with Crippen LogP contribution in [0.2, 0.25) is 0 Å².